The van der Waals surface area contributed by atoms with Gasteiger partial charge in [-0.25, -0.2) is 4.79 Å². The van der Waals surface area contributed by atoms with Gasteiger partial charge in [0.25, 0.3) is 0 Å². The third-order valence-corrected chi connectivity index (χ3v) is 4.82. The van der Waals surface area contributed by atoms with E-state index in [2.05, 4.69) is 11.5 Å². The molecule has 0 radical (unpaired) electrons. The molecule has 3 heteroatoms. The number of nitrogens with zero attached hydrogens (tertiary/aromatic N) is 1. The van der Waals surface area contributed by atoms with E-state index in [4.69, 9.17) is 4.74 Å². The van der Waals surface area contributed by atoms with Crippen LogP contribution in [0.1, 0.15) is 22.8 Å². The molecule has 3 nitrogen and oxygen atoms in total. The number of carbonyl (C=O) groups is 1. The maximum atomic E-state index is 13.1. The number of fused-ring (bicyclic) bond motifs is 2. The fourth-order valence-electron chi connectivity index (χ4n) is 3.40. The average Bonchev–Trinajstić information content (AvgIpc) is 2.69. The Labute approximate surface area is 152 Å². The second-order valence-electron chi connectivity index (χ2n) is 6.36. The molecular weight excluding hydrogens is 322 g/mol. The maximum absolute atomic E-state index is 13.1. The van der Waals surface area contributed by atoms with Crippen molar-refractivity contribution >= 4 is 27.8 Å². The summed E-state index contributed by atoms with van der Waals surface area (Å²) in [4.78, 5) is 13.1. The summed E-state index contributed by atoms with van der Waals surface area (Å²) >= 11 is 0. The number of aryl methyl sites for hydroxylation is 2. The molecule has 0 fully saturated rings. The van der Waals surface area contributed by atoms with E-state index in [0.29, 0.717) is 11.3 Å². The molecule has 0 aliphatic rings. The monoisotopic (exact) mass is 342 g/mol. The number of aromatic nitrogens is 1. The molecule has 4 rings (SSSR count). The molecule has 4 aromatic rings. The molecule has 0 aliphatic carbocycles. The van der Waals surface area contributed by atoms with Gasteiger partial charge in [0.2, 0.25) is 11.0 Å². The predicted molar refractivity (Wildman–Crippen MR) is 103 cm³/mol. The Balaban J connectivity index is 1.88. The number of para-hydroxylation sites is 2. The molecule has 0 amide bonds. The van der Waals surface area contributed by atoms with Crippen molar-refractivity contribution in [2.75, 3.05) is 0 Å². The van der Waals surface area contributed by atoms with E-state index in [-0.39, 0.29) is 5.97 Å². The molecule has 0 bridgehead atoms. The van der Waals surface area contributed by atoms with Crippen LogP contribution in [0.3, 0.4) is 0 Å². The first kappa shape index (κ1) is 16.3. The molecule has 0 saturated heterocycles. The van der Waals surface area contributed by atoms with Gasteiger partial charge >= 0.3 is 5.97 Å². The topological polar surface area (TPSA) is 30.2 Å². The summed E-state index contributed by atoms with van der Waals surface area (Å²) in [5.74, 6) is 0.232. The number of hydrogen-bond donors (Lipinski definition) is 0. The van der Waals surface area contributed by atoms with Crippen LogP contribution in [-0.4, -0.2) is 5.97 Å². The van der Waals surface area contributed by atoms with E-state index in [1.807, 2.05) is 79.8 Å². The molecule has 26 heavy (non-hydrogen) atoms. The molecule has 0 N–H and O–H groups in total. The van der Waals surface area contributed by atoms with Crippen LogP contribution in [0.4, 0.5) is 0 Å². The van der Waals surface area contributed by atoms with Crippen molar-refractivity contribution in [3.8, 4) is 5.75 Å². The summed E-state index contributed by atoms with van der Waals surface area (Å²) < 4.78 is 7.82. The normalized spacial score (nSPS) is 11.0. The molecule has 0 aliphatic heterocycles. The standard InChI is InChI=1S/C23H20NO2/c1-3-16-12-14-17(15-13-16)26-23(25)22-18-8-4-6-10-20(18)24(2)21-11-7-5-9-19(21)22/h4-15H,3H2,1-2H3/q+1. The van der Waals surface area contributed by atoms with E-state index < -0.39 is 0 Å². The summed E-state index contributed by atoms with van der Waals surface area (Å²) in [7, 11) is 2.02. The zero-order valence-electron chi connectivity index (χ0n) is 14.9. The third-order valence-electron chi connectivity index (χ3n) is 4.82. The Morgan fingerprint density at radius 3 is 1.92 bits per heavy atom. The summed E-state index contributed by atoms with van der Waals surface area (Å²) in [6.07, 6.45) is 0.957. The Morgan fingerprint density at radius 1 is 0.846 bits per heavy atom. The van der Waals surface area contributed by atoms with Crippen molar-refractivity contribution in [1.82, 2.24) is 0 Å². The van der Waals surface area contributed by atoms with Gasteiger partial charge in [-0.3, -0.25) is 0 Å². The van der Waals surface area contributed by atoms with Crippen LogP contribution in [0, 0.1) is 0 Å². The number of carbonyl (C=O) groups excluding carboxylic acids is 1. The van der Waals surface area contributed by atoms with Gasteiger partial charge in [0, 0.05) is 12.1 Å². The lowest BCUT2D eigenvalue weighted by Gasteiger charge is -2.10. The highest BCUT2D eigenvalue weighted by Crippen LogP contribution is 2.26. The minimum atomic E-state index is -0.331. The van der Waals surface area contributed by atoms with Crippen LogP contribution in [-0.2, 0) is 13.5 Å². The van der Waals surface area contributed by atoms with Crippen LogP contribution >= 0.6 is 0 Å². The Hall–Kier alpha value is -3.20. The van der Waals surface area contributed by atoms with Gasteiger partial charge in [0.05, 0.1) is 16.3 Å². The van der Waals surface area contributed by atoms with E-state index in [9.17, 15) is 4.79 Å². The minimum Gasteiger partial charge on any atom is -0.423 e. The van der Waals surface area contributed by atoms with Gasteiger partial charge in [-0.1, -0.05) is 43.3 Å². The van der Waals surface area contributed by atoms with Gasteiger partial charge in [0.1, 0.15) is 12.8 Å². The number of rotatable bonds is 3. The number of esters is 1. The quantitative estimate of drug-likeness (QED) is 0.236. The summed E-state index contributed by atoms with van der Waals surface area (Å²) in [5, 5.41) is 1.78. The Kier molecular flexibility index (Phi) is 4.13. The molecule has 1 heterocycles. The maximum Gasteiger partial charge on any atom is 0.345 e. The van der Waals surface area contributed by atoms with Crippen LogP contribution in [0.25, 0.3) is 21.8 Å². The Morgan fingerprint density at radius 2 is 1.38 bits per heavy atom. The zero-order valence-corrected chi connectivity index (χ0v) is 14.9. The molecular formula is C23H20NO2+. The molecule has 0 spiro atoms. The molecule has 1 aromatic heterocycles. The predicted octanol–water partition coefficient (Wildman–Crippen LogP) is 4.60. The fraction of sp³-hybridized carbons (Fsp3) is 0.130. The summed E-state index contributed by atoms with van der Waals surface area (Å²) in [6.45, 7) is 2.10. The second kappa shape index (κ2) is 6.60. The smallest absolute Gasteiger partial charge is 0.345 e. The highest BCUT2D eigenvalue weighted by Gasteiger charge is 2.23. The van der Waals surface area contributed by atoms with Crippen LogP contribution in [0.15, 0.2) is 72.8 Å². The average molecular weight is 342 g/mol. The third kappa shape index (κ3) is 2.72. The van der Waals surface area contributed by atoms with Gasteiger partial charge < -0.3 is 4.74 Å². The van der Waals surface area contributed by atoms with E-state index in [1.54, 1.807) is 0 Å². The molecule has 0 unspecified atom stereocenters. The van der Waals surface area contributed by atoms with Crippen LogP contribution < -0.4 is 9.30 Å². The summed E-state index contributed by atoms with van der Waals surface area (Å²) in [6, 6.07) is 23.5. The van der Waals surface area contributed by atoms with Crippen molar-refractivity contribution in [3.63, 3.8) is 0 Å². The number of pyridine rings is 1. The molecule has 3 aromatic carbocycles. The van der Waals surface area contributed by atoms with E-state index in [0.717, 1.165) is 28.2 Å². The lowest BCUT2D eigenvalue weighted by atomic mass is 10.0. The molecule has 0 atom stereocenters. The SMILES string of the molecule is CCc1ccc(OC(=O)c2c3ccccc3[n+](C)c3ccccc23)cc1. The van der Waals surface area contributed by atoms with Crippen molar-refractivity contribution < 1.29 is 14.1 Å². The van der Waals surface area contributed by atoms with Crippen molar-refractivity contribution in [2.24, 2.45) is 7.05 Å². The van der Waals surface area contributed by atoms with Crippen molar-refractivity contribution in [2.45, 2.75) is 13.3 Å². The second-order valence-corrected chi connectivity index (χ2v) is 6.36. The number of benzene rings is 3. The fourth-order valence-corrected chi connectivity index (χ4v) is 3.40. The highest BCUT2D eigenvalue weighted by molar-refractivity contribution is 6.13. The lowest BCUT2D eigenvalue weighted by Crippen LogP contribution is -2.31. The molecule has 128 valence electrons. The Bertz CT molecular complexity index is 1060. The van der Waals surface area contributed by atoms with Crippen molar-refractivity contribution in [1.29, 1.82) is 0 Å². The highest BCUT2D eigenvalue weighted by atomic mass is 16.5. The largest absolute Gasteiger partial charge is 0.423 e. The first-order valence-corrected chi connectivity index (χ1v) is 8.79. The van der Waals surface area contributed by atoms with Gasteiger partial charge in [-0.05, 0) is 36.2 Å². The lowest BCUT2D eigenvalue weighted by molar-refractivity contribution is -0.617. The van der Waals surface area contributed by atoms with Gasteiger partial charge in [0.15, 0.2) is 0 Å². The van der Waals surface area contributed by atoms with Gasteiger partial charge in [-0.2, -0.15) is 4.57 Å². The van der Waals surface area contributed by atoms with Gasteiger partial charge in [-0.15, -0.1) is 0 Å². The van der Waals surface area contributed by atoms with Crippen LogP contribution in [0.5, 0.6) is 5.75 Å². The zero-order chi connectivity index (χ0) is 18.1. The number of hydrogen-bond acceptors (Lipinski definition) is 2. The molecule has 0 saturated carbocycles. The van der Waals surface area contributed by atoms with Crippen LogP contribution in [0.2, 0.25) is 0 Å². The van der Waals surface area contributed by atoms with E-state index in [1.165, 1.54) is 5.56 Å². The first-order valence-electron chi connectivity index (χ1n) is 8.79. The van der Waals surface area contributed by atoms with E-state index >= 15 is 0 Å². The summed E-state index contributed by atoms with van der Waals surface area (Å²) in [5.41, 5.74) is 3.82. The number of ether oxygens (including phenoxy) is 1. The first-order chi connectivity index (χ1) is 12.7. The van der Waals surface area contributed by atoms with Crippen molar-refractivity contribution in [3.05, 3.63) is 83.9 Å². The minimum absolute atomic E-state index is 0.331.